The number of hydrogen-bond donors (Lipinski definition) is 2. The summed E-state index contributed by atoms with van der Waals surface area (Å²) in [6.07, 6.45) is 0.795. The van der Waals surface area contributed by atoms with Crippen molar-refractivity contribution in [2.45, 2.75) is 26.3 Å². The van der Waals surface area contributed by atoms with Crippen LogP contribution in [0.15, 0.2) is 42.5 Å². The van der Waals surface area contributed by atoms with Crippen molar-refractivity contribution in [2.24, 2.45) is 0 Å². The number of hydrogen-bond acceptors (Lipinski definition) is 5. The molecular formula is C18H20ClN3O3. The van der Waals surface area contributed by atoms with Gasteiger partial charge in [0.2, 0.25) is 0 Å². The molecule has 1 aromatic heterocycles. The second-order valence-electron chi connectivity index (χ2n) is 5.22. The summed E-state index contributed by atoms with van der Waals surface area (Å²) in [7, 11) is 0. The highest BCUT2D eigenvalue weighted by molar-refractivity contribution is 6.37. The second kappa shape index (κ2) is 9.03. The van der Waals surface area contributed by atoms with Crippen molar-refractivity contribution in [3.63, 3.8) is 0 Å². The highest BCUT2D eigenvalue weighted by atomic mass is 35.5. The molecule has 6 nitrogen and oxygen atoms in total. The zero-order chi connectivity index (χ0) is 18.2. The van der Waals surface area contributed by atoms with Gasteiger partial charge >= 0.3 is 11.9 Å². The lowest BCUT2D eigenvalue weighted by molar-refractivity contribution is -0.152. The number of carbonyl (C=O) groups excluding carboxylic acids is 2. The number of benzene rings is 1. The number of rotatable bonds is 6. The molecular weight excluding hydrogens is 342 g/mol. The summed E-state index contributed by atoms with van der Waals surface area (Å²) >= 11 is 5.98. The summed E-state index contributed by atoms with van der Waals surface area (Å²) in [5, 5.41) is 6.05. The molecule has 1 atom stereocenters. The van der Waals surface area contributed by atoms with Crippen molar-refractivity contribution in [2.75, 3.05) is 17.2 Å². The number of carbonyl (C=O) groups is 2. The highest BCUT2D eigenvalue weighted by Crippen LogP contribution is 2.28. The predicted octanol–water partition coefficient (Wildman–Crippen LogP) is 3.80. The van der Waals surface area contributed by atoms with Crippen LogP contribution in [0.1, 0.15) is 31.9 Å². The quantitative estimate of drug-likeness (QED) is 0.464. The second-order valence-corrected chi connectivity index (χ2v) is 5.61. The van der Waals surface area contributed by atoms with Crippen molar-refractivity contribution in [1.29, 1.82) is 0 Å². The fourth-order valence-electron chi connectivity index (χ4n) is 2.29. The van der Waals surface area contributed by atoms with Gasteiger partial charge in [0.25, 0.3) is 0 Å². The van der Waals surface area contributed by atoms with Crippen molar-refractivity contribution < 1.29 is 14.3 Å². The van der Waals surface area contributed by atoms with Crippen LogP contribution in [-0.4, -0.2) is 23.5 Å². The number of pyridine rings is 1. The predicted molar refractivity (Wildman–Crippen MR) is 97.6 cm³/mol. The van der Waals surface area contributed by atoms with Gasteiger partial charge < -0.3 is 15.4 Å². The van der Waals surface area contributed by atoms with E-state index in [9.17, 15) is 9.59 Å². The van der Waals surface area contributed by atoms with Gasteiger partial charge in [0.15, 0.2) is 5.82 Å². The van der Waals surface area contributed by atoms with E-state index in [-0.39, 0.29) is 17.8 Å². The van der Waals surface area contributed by atoms with Gasteiger partial charge in [0.05, 0.1) is 18.3 Å². The Morgan fingerprint density at radius 1 is 1.16 bits per heavy atom. The van der Waals surface area contributed by atoms with E-state index in [1.54, 1.807) is 13.0 Å². The third-order valence-electron chi connectivity index (χ3n) is 3.49. The molecule has 0 spiro atoms. The van der Waals surface area contributed by atoms with Crippen LogP contribution >= 0.6 is 11.6 Å². The molecule has 25 heavy (non-hydrogen) atoms. The maximum Gasteiger partial charge on any atom is 0.397 e. The lowest BCUT2D eigenvalue weighted by Crippen LogP contribution is -2.26. The van der Waals surface area contributed by atoms with Crippen molar-refractivity contribution in [3.8, 4) is 0 Å². The first-order valence-electron chi connectivity index (χ1n) is 8.01. The molecule has 0 fully saturated rings. The van der Waals surface area contributed by atoms with Gasteiger partial charge in [-0.1, -0.05) is 48.9 Å². The average molecular weight is 362 g/mol. The smallest absolute Gasteiger partial charge is 0.397 e. The molecule has 0 saturated heterocycles. The summed E-state index contributed by atoms with van der Waals surface area (Å²) in [5.74, 6) is -1.42. The van der Waals surface area contributed by atoms with E-state index in [4.69, 9.17) is 16.3 Å². The van der Waals surface area contributed by atoms with Gasteiger partial charge in [-0.3, -0.25) is 4.79 Å². The molecule has 2 N–H and O–H groups in total. The minimum atomic E-state index is -0.946. The van der Waals surface area contributed by atoms with E-state index in [0.717, 1.165) is 12.0 Å². The van der Waals surface area contributed by atoms with Gasteiger partial charge in [-0.2, -0.15) is 0 Å². The lowest BCUT2D eigenvalue weighted by atomic mass is 10.0. The lowest BCUT2D eigenvalue weighted by Gasteiger charge is -2.20. The van der Waals surface area contributed by atoms with Crippen LogP contribution in [0.25, 0.3) is 0 Å². The topological polar surface area (TPSA) is 80.3 Å². The fraction of sp³-hybridized carbons (Fsp3) is 0.278. The first kappa shape index (κ1) is 18.7. The summed E-state index contributed by atoms with van der Waals surface area (Å²) in [4.78, 5) is 27.6. The molecule has 7 heteroatoms. The molecule has 0 bridgehead atoms. The normalized spacial score (nSPS) is 11.5. The van der Waals surface area contributed by atoms with Crippen LogP contribution in [-0.2, 0) is 14.3 Å². The summed E-state index contributed by atoms with van der Waals surface area (Å²) < 4.78 is 4.69. The maximum absolute atomic E-state index is 11.9. The van der Waals surface area contributed by atoms with Gasteiger partial charge in [0.1, 0.15) is 5.15 Å². The SMILES string of the molecule is CCOC(=O)C(=O)Nc1ccc(Cl)nc1N[C@@H](CC)c1ccccc1. The van der Waals surface area contributed by atoms with E-state index >= 15 is 0 Å². The molecule has 0 saturated carbocycles. The third-order valence-corrected chi connectivity index (χ3v) is 3.70. The van der Waals surface area contributed by atoms with Crippen LogP contribution in [0, 0.1) is 0 Å². The van der Waals surface area contributed by atoms with Gasteiger partial charge in [0, 0.05) is 0 Å². The molecule has 0 unspecified atom stereocenters. The summed E-state index contributed by atoms with van der Waals surface area (Å²) in [5.41, 5.74) is 1.44. The van der Waals surface area contributed by atoms with E-state index in [0.29, 0.717) is 11.5 Å². The van der Waals surface area contributed by atoms with Crippen LogP contribution in [0.3, 0.4) is 0 Å². The highest BCUT2D eigenvalue weighted by Gasteiger charge is 2.19. The molecule has 1 aromatic carbocycles. The number of nitrogens with zero attached hydrogens (tertiary/aromatic N) is 1. The van der Waals surface area contributed by atoms with Crippen LogP contribution in [0.2, 0.25) is 5.15 Å². The Balaban J connectivity index is 2.23. The number of aromatic nitrogens is 1. The number of halogens is 1. The monoisotopic (exact) mass is 361 g/mol. The largest absolute Gasteiger partial charge is 0.459 e. The Kier molecular flexibility index (Phi) is 6.77. The molecule has 0 aliphatic rings. The molecule has 2 rings (SSSR count). The number of nitrogens with one attached hydrogen (secondary N) is 2. The minimum Gasteiger partial charge on any atom is -0.459 e. The Bertz CT molecular complexity index is 738. The van der Waals surface area contributed by atoms with E-state index in [2.05, 4.69) is 15.6 Å². The van der Waals surface area contributed by atoms with E-state index < -0.39 is 11.9 Å². The number of amides is 1. The van der Waals surface area contributed by atoms with Crippen molar-refractivity contribution in [3.05, 3.63) is 53.2 Å². The van der Waals surface area contributed by atoms with Crippen LogP contribution < -0.4 is 10.6 Å². The van der Waals surface area contributed by atoms with Gasteiger partial charge in [-0.05, 0) is 31.0 Å². The number of esters is 1. The first-order valence-corrected chi connectivity index (χ1v) is 8.39. The zero-order valence-corrected chi connectivity index (χ0v) is 14.8. The van der Waals surface area contributed by atoms with Gasteiger partial charge in [-0.15, -0.1) is 0 Å². The fourth-order valence-corrected chi connectivity index (χ4v) is 2.44. The molecule has 1 amide bonds. The number of anilines is 2. The zero-order valence-electron chi connectivity index (χ0n) is 14.1. The van der Waals surface area contributed by atoms with Crippen LogP contribution in [0.4, 0.5) is 11.5 Å². The Labute approximate surface area is 151 Å². The first-order chi connectivity index (χ1) is 12.0. The van der Waals surface area contributed by atoms with E-state index in [1.165, 1.54) is 6.07 Å². The number of ether oxygens (including phenoxy) is 1. The Morgan fingerprint density at radius 3 is 2.52 bits per heavy atom. The maximum atomic E-state index is 11.9. The molecule has 0 aliphatic carbocycles. The molecule has 0 aliphatic heterocycles. The minimum absolute atomic E-state index is 0.0228. The Hall–Kier alpha value is -2.60. The van der Waals surface area contributed by atoms with Crippen LogP contribution in [0.5, 0.6) is 0 Å². The molecule has 1 heterocycles. The molecule has 2 aromatic rings. The summed E-state index contributed by atoms with van der Waals surface area (Å²) in [6.45, 7) is 3.79. The van der Waals surface area contributed by atoms with Crippen molar-refractivity contribution >= 4 is 35.0 Å². The average Bonchev–Trinajstić information content (AvgIpc) is 2.62. The van der Waals surface area contributed by atoms with Gasteiger partial charge in [-0.25, -0.2) is 9.78 Å². The van der Waals surface area contributed by atoms with E-state index in [1.807, 2.05) is 37.3 Å². The summed E-state index contributed by atoms with van der Waals surface area (Å²) in [6, 6.07) is 13.0. The molecule has 132 valence electrons. The standard InChI is InChI=1S/C18H20ClN3O3/c1-3-13(12-8-6-5-7-9-12)20-16-14(10-11-15(19)22-16)21-17(23)18(24)25-4-2/h5-11,13H,3-4H2,1-2H3,(H,20,22)(H,21,23)/t13-/m0/s1. The van der Waals surface area contributed by atoms with Crippen molar-refractivity contribution in [1.82, 2.24) is 4.98 Å². The molecule has 0 radical (unpaired) electrons. The third kappa shape index (κ3) is 5.19. The Morgan fingerprint density at radius 2 is 1.88 bits per heavy atom.